The third-order valence-electron chi connectivity index (χ3n) is 5.59. The van der Waals surface area contributed by atoms with E-state index in [9.17, 15) is 17.6 Å². The van der Waals surface area contributed by atoms with Crippen LogP contribution in [0.4, 0.5) is 17.6 Å². The summed E-state index contributed by atoms with van der Waals surface area (Å²) in [6, 6.07) is 14.6. The molecule has 0 saturated heterocycles. The Bertz CT molecular complexity index is 896. The summed E-state index contributed by atoms with van der Waals surface area (Å²) in [4.78, 5) is 0. The molecular weight excluding hydrogens is 404 g/mol. The largest absolute Gasteiger partial charge is 0.457 e. The van der Waals surface area contributed by atoms with Crippen LogP contribution < -0.4 is 4.74 Å². The number of allylic oxidation sites excluding steroid dienone is 1. The number of aryl methyl sites for hydroxylation is 1. The lowest BCUT2D eigenvalue weighted by Gasteiger charge is -2.26. The molecule has 0 amide bonds. The predicted molar refractivity (Wildman–Crippen MR) is 115 cm³/mol. The van der Waals surface area contributed by atoms with Crippen molar-refractivity contribution in [3.63, 3.8) is 0 Å². The third-order valence-corrected chi connectivity index (χ3v) is 5.59. The minimum Gasteiger partial charge on any atom is -0.452 e. The quantitative estimate of drug-likeness (QED) is 0.264. The summed E-state index contributed by atoms with van der Waals surface area (Å²) in [5, 5.41) is 0. The molecular formula is C26H26F4O. The summed E-state index contributed by atoms with van der Waals surface area (Å²) in [7, 11) is 0. The molecule has 1 fully saturated rings. The van der Waals surface area contributed by atoms with Crippen molar-refractivity contribution in [3.05, 3.63) is 77.9 Å². The molecule has 1 nitrogen and oxygen atoms in total. The summed E-state index contributed by atoms with van der Waals surface area (Å²) >= 11 is 0. The Morgan fingerprint density at radius 2 is 1.65 bits per heavy atom. The van der Waals surface area contributed by atoms with Crippen LogP contribution in [0.3, 0.4) is 0 Å². The first-order valence-electron chi connectivity index (χ1n) is 10.5. The molecule has 1 aliphatic rings. The molecule has 31 heavy (non-hydrogen) atoms. The molecule has 164 valence electrons. The van der Waals surface area contributed by atoms with Crippen LogP contribution in [0.2, 0.25) is 0 Å². The number of ether oxygens (including phenoxy) is 1. The Morgan fingerprint density at radius 1 is 1.00 bits per heavy atom. The van der Waals surface area contributed by atoms with Gasteiger partial charge in [0.05, 0.1) is 0 Å². The van der Waals surface area contributed by atoms with E-state index in [1.807, 2.05) is 6.08 Å². The van der Waals surface area contributed by atoms with E-state index in [-0.39, 0.29) is 5.75 Å². The van der Waals surface area contributed by atoms with Gasteiger partial charge < -0.3 is 4.74 Å². The van der Waals surface area contributed by atoms with E-state index in [1.165, 1.54) is 17.7 Å². The minimum absolute atomic E-state index is 0.122. The minimum atomic E-state index is -5.02. The van der Waals surface area contributed by atoms with Crippen LogP contribution >= 0.6 is 0 Å². The van der Waals surface area contributed by atoms with Crippen LogP contribution in [-0.4, -0.2) is 12.5 Å². The SMILES string of the molecule is C=CCCc1ccc(C#CC2CCC(c3ccc(OC(F)C(F)(F)F)cc3)CC2)cc1. The van der Waals surface area contributed by atoms with E-state index in [0.717, 1.165) is 49.7 Å². The molecule has 1 saturated carbocycles. The van der Waals surface area contributed by atoms with Gasteiger partial charge in [-0.3, -0.25) is 0 Å². The molecule has 0 aromatic heterocycles. The van der Waals surface area contributed by atoms with Gasteiger partial charge in [-0.05, 0) is 79.8 Å². The van der Waals surface area contributed by atoms with Crippen LogP contribution in [-0.2, 0) is 6.42 Å². The predicted octanol–water partition coefficient (Wildman–Crippen LogP) is 7.37. The summed E-state index contributed by atoms with van der Waals surface area (Å²) < 4.78 is 54.1. The van der Waals surface area contributed by atoms with Crippen molar-refractivity contribution >= 4 is 0 Å². The third kappa shape index (κ3) is 6.89. The van der Waals surface area contributed by atoms with E-state index in [0.29, 0.717) is 11.8 Å². The van der Waals surface area contributed by atoms with E-state index in [1.54, 1.807) is 12.1 Å². The maximum atomic E-state index is 13.0. The molecule has 1 unspecified atom stereocenters. The lowest BCUT2D eigenvalue weighted by molar-refractivity contribution is -0.236. The molecule has 3 rings (SSSR count). The van der Waals surface area contributed by atoms with Crippen molar-refractivity contribution in [2.45, 2.75) is 57.0 Å². The van der Waals surface area contributed by atoms with Crippen molar-refractivity contribution in [1.82, 2.24) is 0 Å². The second kappa shape index (κ2) is 10.5. The highest BCUT2D eigenvalue weighted by molar-refractivity contribution is 5.37. The normalized spacial score (nSPS) is 19.7. The van der Waals surface area contributed by atoms with Gasteiger partial charge in [-0.1, -0.05) is 42.2 Å². The molecule has 2 aromatic rings. The number of benzene rings is 2. The van der Waals surface area contributed by atoms with Crippen molar-refractivity contribution in [2.24, 2.45) is 5.92 Å². The lowest BCUT2D eigenvalue weighted by atomic mass is 9.79. The van der Waals surface area contributed by atoms with Gasteiger partial charge in [0.25, 0.3) is 0 Å². The standard InChI is InChI=1S/C26H26F4O/c1-2-3-4-19-5-7-20(8-6-19)9-10-21-11-13-22(14-12-21)23-15-17-24(18-16-23)31-25(27)26(28,29)30/h2,5-8,15-18,21-22,25H,1,3-4,11-14H2. The maximum absolute atomic E-state index is 13.0. The molecule has 5 heteroatoms. The molecule has 0 heterocycles. The van der Waals surface area contributed by atoms with Gasteiger partial charge in [0, 0.05) is 11.5 Å². The zero-order chi connectivity index (χ0) is 22.3. The zero-order valence-corrected chi connectivity index (χ0v) is 17.3. The molecule has 0 bridgehead atoms. The maximum Gasteiger partial charge on any atom is 0.457 e. The van der Waals surface area contributed by atoms with Crippen LogP contribution in [0, 0.1) is 17.8 Å². The van der Waals surface area contributed by atoms with Gasteiger partial charge in [-0.2, -0.15) is 17.6 Å². The van der Waals surface area contributed by atoms with Crippen molar-refractivity contribution < 1.29 is 22.3 Å². The van der Waals surface area contributed by atoms with E-state index >= 15 is 0 Å². The highest BCUT2D eigenvalue weighted by Gasteiger charge is 2.42. The fourth-order valence-corrected chi connectivity index (χ4v) is 3.78. The molecule has 0 N–H and O–H groups in total. The van der Waals surface area contributed by atoms with Crippen molar-refractivity contribution in [2.75, 3.05) is 0 Å². The molecule has 1 aliphatic carbocycles. The van der Waals surface area contributed by atoms with Crippen LogP contribution in [0.25, 0.3) is 0 Å². The molecule has 0 spiro atoms. The lowest BCUT2D eigenvalue weighted by Crippen LogP contribution is -2.29. The average Bonchev–Trinajstić information content (AvgIpc) is 2.77. The molecule has 1 atom stereocenters. The Kier molecular flexibility index (Phi) is 7.79. The zero-order valence-electron chi connectivity index (χ0n) is 17.3. The number of hydrogen-bond donors (Lipinski definition) is 0. The van der Waals surface area contributed by atoms with E-state index in [4.69, 9.17) is 0 Å². The number of alkyl halides is 4. The van der Waals surface area contributed by atoms with Crippen molar-refractivity contribution in [3.8, 4) is 17.6 Å². The van der Waals surface area contributed by atoms with Gasteiger partial charge >= 0.3 is 12.5 Å². The van der Waals surface area contributed by atoms with Gasteiger partial charge in [-0.15, -0.1) is 6.58 Å². The summed E-state index contributed by atoms with van der Waals surface area (Å²) in [5.74, 6) is 7.22. The van der Waals surface area contributed by atoms with E-state index in [2.05, 4.69) is 47.4 Å². The Balaban J connectivity index is 1.50. The monoisotopic (exact) mass is 430 g/mol. The van der Waals surface area contributed by atoms with Gasteiger partial charge in [0.15, 0.2) is 0 Å². The number of hydrogen-bond acceptors (Lipinski definition) is 1. The van der Waals surface area contributed by atoms with Crippen LogP contribution in [0.15, 0.2) is 61.2 Å². The highest BCUT2D eigenvalue weighted by Crippen LogP contribution is 2.36. The first-order chi connectivity index (χ1) is 14.8. The van der Waals surface area contributed by atoms with Crippen LogP contribution in [0.5, 0.6) is 5.75 Å². The second-order valence-electron chi connectivity index (χ2n) is 7.89. The average molecular weight is 430 g/mol. The Hall–Kier alpha value is -2.74. The van der Waals surface area contributed by atoms with Gasteiger partial charge in [0.1, 0.15) is 5.75 Å². The fraction of sp³-hybridized carbons (Fsp3) is 0.385. The Morgan fingerprint density at radius 3 is 2.23 bits per heavy atom. The van der Waals surface area contributed by atoms with E-state index < -0.39 is 12.5 Å². The summed E-state index contributed by atoms with van der Waals surface area (Å²) in [5.41, 5.74) is 3.34. The van der Waals surface area contributed by atoms with Gasteiger partial charge in [-0.25, -0.2) is 0 Å². The first-order valence-corrected chi connectivity index (χ1v) is 10.5. The fourth-order valence-electron chi connectivity index (χ4n) is 3.78. The van der Waals surface area contributed by atoms with Crippen LogP contribution in [0.1, 0.15) is 54.7 Å². The summed E-state index contributed by atoms with van der Waals surface area (Å²) in [6.45, 7) is 3.74. The van der Waals surface area contributed by atoms with Crippen molar-refractivity contribution in [1.29, 1.82) is 0 Å². The topological polar surface area (TPSA) is 9.23 Å². The summed E-state index contributed by atoms with van der Waals surface area (Å²) in [6.07, 6.45) is -0.565. The highest BCUT2D eigenvalue weighted by atomic mass is 19.4. The second-order valence-corrected chi connectivity index (χ2v) is 7.89. The van der Waals surface area contributed by atoms with Gasteiger partial charge in [0.2, 0.25) is 0 Å². The molecule has 0 radical (unpaired) electrons. The Labute approximate surface area is 181 Å². The first kappa shape index (κ1) is 22.9. The number of halogens is 4. The molecule has 2 aromatic carbocycles. The molecule has 0 aliphatic heterocycles. The smallest absolute Gasteiger partial charge is 0.452 e. The number of rotatable bonds is 6.